The molecular formula is C13H25N. The van der Waals surface area contributed by atoms with Crippen LogP contribution in [0.3, 0.4) is 0 Å². The fourth-order valence-corrected chi connectivity index (χ4v) is 1.48. The van der Waals surface area contributed by atoms with Crippen molar-refractivity contribution >= 4 is 0 Å². The Morgan fingerprint density at radius 1 is 1.29 bits per heavy atom. The van der Waals surface area contributed by atoms with Crippen molar-refractivity contribution in [3.05, 3.63) is 24.3 Å². The summed E-state index contributed by atoms with van der Waals surface area (Å²) in [6.45, 7) is 10.4. The summed E-state index contributed by atoms with van der Waals surface area (Å²) in [5.74, 6) is 0.616. The molecule has 0 aromatic rings. The summed E-state index contributed by atoms with van der Waals surface area (Å²) in [5, 5.41) is 0. The Hall–Kier alpha value is -0.560. The maximum absolute atomic E-state index is 5.91. The molecule has 0 spiro atoms. The van der Waals surface area contributed by atoms with Crippen molar-refractivity contribution in [3.63, 3.8) is 0 Å². The number of nitrogens with two attached hydrogens (primary N) is 1. The number of hydrogen-bond donors (Lipinski definition) is 1. The quantitative estimate of drug-likeness (QED) is 0.616. The number of allylic oxidation sites excluding steroid dienone is 2. The van der Waals surface area contributed by atoms with Crippen LogP contribution in [0.1, 0.15) is 46.5 Å². The summed E-state index contributed by atoms with van der Waals surface area (Å²) in [5.41, 5.74) is 7.38. The highest BCUT2D eigenvalue weighted by atomic mass is 14.6. The molecule has 0 amide bonds. The van der Waals surface area contributed by atoms with Crippen LogP contribution in [0.15, 0.2) is 24.3 Å². The monoisotopic (exact) mass is 195 g/mol. The lowest BCUT2D eigenvalue weighted by Gasteiger charge is -2.13. The third-order valence-corrected chi connectivity index (χ3v) is 2.76. The molecule has 0 bridgehead atoms. The van der Waals surface area contributed by atoms with Crippen LogP contribution in [0, 0.1) is 5.92 Å². The highest BCUT2D eigenvalue weighted by molar-refractivity contribution is 5.08. The van der Waals surface area contributed by atoms with Gasteiger partial charge < -0.3 is 5.73 Å². The van der Waals surface area contributed by atoms with Gasteiger partial charge in [-0.3, -0.25) is 0 Å². The molecule has 14 heavy (non-hydrogen) atoms. The third-order valence-electron chi connectivity index (χ3n) is 2.76. The van der Waals surface area contributed by atoms with Crippen molar-refractivity contribution in [2.45, 2.75) is 52.5 Å². The Morgan fingerprint density at radius 2 is 1.93 bits per heavy atom. The third kappa shape index (κ3) is 5.23. The predicted molar refractivity (Wildman–Crippen MR) is 65.2 cm³/mol. The van der Waals surface area contributed by atoms with Gasteiger partial charge >= 0.3 is 0 Å². The minimum atomic E-state index is 0.229. The molecule has 0 aliphatic carbocycles. The van der Waals surface area contributed by atoms with E-state index in [0.717, 1.165) is 19.3 Å². The molecule has 0 aromatic heterocycles. The van der Waals surface area contributed by atoms with Crippen LogP contribution in [-0.4, -0.2) is 6.04 Å². The Bertz CT molecular complexity index is 182. The molecule has 1 heteroatoms. The summed E-state index contributed by atoms with van der Waals surface area (Å²) in [4.78, 5) is 0. The van der Waals surface area contributed by atoms with Gasteiger partial charge in [0, 0.05) is 6.04 Å². The smallest absolute Gasteiger partial charge is 0.0223 e. The Morgan fingerprint density at radius 3 is 2.29 bits per heavy atom. The Labute approximate surface area is 89.1 Å². The molecule has 2 N–H and O–H groups in total. The molecule has 0 aliphatic heterocycles. The summed E-state index contributed by atoms with van der Waals surface area (Å²) in [7, 11) is 0. The molecule has 0 saturated carbocycles. The molecule has 0 heterocycles. The molecule has 0 rings (SSSR count). The first-order chi connectivity index (χ1) is 6.67. The highest BCUT2D eigenvalue weighted by Crippen LogP contribution is 2.19. The molecule has 1 nitrogen and oxygen atoms in total. The summed E-state index contributed by atoms with van der Waals surface area (Å²) < 4.78 is 0. The molecule has 0 saturated heterocycles. The molecule has 0 radical (unpaired) electrons. The van der Waals surface area contributed by atoms with Gasteiger partial charge in [0.2, 0.25) is 0 Å². The van der Waals surface area contributed by atoms with Crippen LogP contribution in [-0.2, 0) is 0 Å². The zero-order valence-corrected chi connectivity index (χ0v) is 9.92. The van der Waals surface area contributed by atoms with E-state index < -0.39 is 0 Å². The van der Waals surface area contributed by atoms with Gasteiger partial charge in [-0.25, -0.2) is 0 Å². The fourth-order valence-electron chi connectivity index (χ4n) is 1.48. The maximum atomic E-state index is 5.91. The van der Waals surface area contributed by atoms with Crippen LogP contribution >= 0.6 is 0 Å². The lowest BCUT2D eigenvalue weighted by atomic mass is 9.94. The lowest BCUT2D eigenvalue weighted by molar-refractivity contribution is 0.606. The first kappa shape index (κ1) is 13.4. The van der Waals surface area contributed by atoms with Crippen LogP contribution in [0.4, 0.5) is 0 Å². The van der Waals surface area contributed by atoms with Gasteiger partial charge in [0.05, 0.1) is 0 Å². The molecular weight excluding hydrogens is 170 g/mol. The van der Waals surface area contributed by atoms with Gasteiger partial charge in [0.15, 0.2) is 0 Å². The van der Waals surface area contributed by atoms with E-state index in [4.69, 9.17) is 5.73 Å². The molecule has 0 aliphatic rings. The lowest BCUT2D eigenvalue weighted by Crippen LogP contribution is -2.16. The second kappa shape index (κ2) is 7.81. The molecule has 0 aromatic carbocycles. The Kier molecular flexibility index (Phi) is 7.50. The van der Waals surface area contributed by atoms with Gasteiger partial charge in [-0.1, -0.05) is 38.5 Å². The average molecular weight is 195 g/mol. The Balaban J connectivity index is 4.26. The van der Waals surface area contributed by atoms with Crippen molar-refractivity contribution < 1.29 is 0 Å². The minimum absolute atomic E-state index is 0.229. The van der Waals surface area contributed by atoms with Crippen molar-refractivity contribution in [1.82, 2.24) is 0 Å². The van der Waals surface area contributed by atoms with Crippen molar-refractivity contribution in [2.75, 3.05) is 0 Å². The predicted octanol–water partition coefficient (Wildman–Crippen LogP) is 3.66. The number of hydrogen-bond acceptors (Lipinski definition) is 1. The summed E-state index contributed by atoms with van der Waals surface area (Å²) >= 11 is 0. The first-order valence-electron chi connectivity index (χ1n) is 5.75. The molecule has 2 atom stereocenters. The molecule has 2 unspecified atom stereocenters. The zero-order chi connectivity index (χ0) is 11.0. The van der Waals surface area contributed by atoms with Gasteiger partial charge in [-0.15, -0.1) is 6.58 Å². The zero-order valence-electron chi connectivity index (χ0n) is 9.92. The van der Waals surface area contributed by atoms with Gasteiger partial charge in [-0.2, -0.15) is 0 Å². The van der Waals surface area contributed by atoms with E-state index in [0.29, 0.717) is 5.92 Å². The molecule has 82 valence electrons. The normalized spacial score (nSPS) is 16.4. The van der Waals surface area contributed by atoms with Crippen LogP contribution in [0.5, 0.6) is 0 Å². The average Bonchev–Trinajstić information content (AvgIpc) is 2.23. The second-order valence-electron chi connectivity index (χ2n) is 3.86. The van der Waals surface area contributed by atoms with E-state index in [9.17, 15) is 0 Å². The van der Waals surface area contributed by atoms with Crippen molar-refractivity contribution in [2.24, 2.45) is 11.7 Å². The largest absolute Gasteiger partial charge is 0.324 e. The van der Waals surface area contributed by atoms with Gasteiger partial charge in [-0.05, 0) is 31.6 Å². The minimum Gasteiger partial charge on any atom is -0.324 e. The topological polar surface area (TPSA) is 26.0 Å². The standard InChI is InChI=1S/C13H25N/c1-5-11(6-2)9-12(7-3)10-13(14)8-4/h5,10-11,13H,1,6-9,14H2,2-4H3/b12-10-. The van der Waals surface area contributed by atoms with E-state index in [1.807, 2.05) is 0 Å². The van der Waals surface area contributed by atoms with E-state index >= 15 is 0 Å². The second-order valence-corrected chi connectivity index (χ2v) is 3.86. The number of rotatable bonds is 7. The van der Waals surface area contributed by atoms with E-state index in [2.05, 4.69) is 39.5 Å². The van der Waals surface area contributed by atoms with Crippen molar-refractivity contribution in [3.8, 4) is 0 Å². The first-order valence-corrected chi connectivity index (χ1v) is 5.75. The van der Waals surface area contributed by atoms with E-state index in [1.54, 1.807) is 0 Å². The van der Waals surface area contributed by atoms with E-state index in [1.165, 1.54) is 12.0 Å². The van der Waals surface area contributed by atoms with Crippen LogP contribution in [0.25, 0.3) is 0 Å². The van der Waals surface area contributed by atoms with Crippen LogP contribution in [0.2, 0.25) is 0 Å². The van der Waals surface area contributed by atoms with Gasteiger partial charge in [0.25, 0.3) is 0 Å². The highest BCUT2D eigenvalue weighted by Gasteiger charge is 2.05. The van der Waals surface area contributed by atoms with Crippen molar-refractivity contribution in [1.29, 1.82) is 0 Å². The van der Waals surface area contributed by atoms with Gasteiger partial charge in [0.1, 0.15) is 0 Å². The van der Waals surface area contributed by atoms with Crippen LogP contribution < -0.4 is 5.73 Å². The fraction of sp³-hybridized carbons (Fsp3) is 0.692. The van der Waals surface area contributed by atoms with E-state index in [-0.39, 0.29) is 6.04 Å². The SMILES string of the molecule is C=CC(CC)C/C(=C\C(N)CC)CC. The maximum Gasteiger partial charge on any atom is 0.0223 e. The summed E-state index contributed by atoms with van der Waals surface area (Å²) in [6, 6.07) is 0.229. The molecule has 0 fully saturated rings. The summed E-state index contributed by atoms with van der Waals surface area (Å²) in [6.07, 6.45) is 8.71.